The number of H-pyrrole nitrogens is 1. The first kappa shape index (κ1) is 28.8. The van der Waals surface area contributed by atoms with E-state index in [1.807, 2.05) is 20.8 Å². The fourth-order valence-electron chi connectivity index (χ4n) is 3.58. The van der Waals surface area contributed by atoms with Crippen molar-refractivity contribution in [2.45, 2.75) is 52.6 Å². The lowest BCUT2D eigenvalue weighted by Gasteiger charge is -2.20. The second kappa shape index (κ2) is 10.8. The summed E-state index contributed by atoms with van der Waals surface area (Å²) in [5, 5.41) is 7.88. The van der Waals surface area contributed by atoms with Crippen LogP contribution in [0, 0.1) is 5.41 Å². The van der Waals surface area contributed by atoms with E-state index in [1.165, 1.54) is 18.2 Å². The molecule has 8 N–H and O–H groups in total. The highest BCUT2D eigenvalue weighted by Gasteiger charge is 2.26. The van der Waals surface area contributed by atoms with Crippen molar-refractivity contribution in [2.75, 3.05) is 0 Å². The standard InChI is InChI=1S/C28H33N9O4/c1-27(2,3)24-34-19-21(35-24)36-26(39-16-9-7-8-15(13-16)33-25(31)32)37-22(19)40-18-12-14(20(29)30)10-11-17(18)23(38)41-28(4,5)6/h7-13H,1-6H3,(H3,29,30)(H4,31,32,33)(H,34,35,36,37). The quantitative estimate of drug-likeness (QED) is 0.122. The van der Waals surface area contributed by atoms with Gasteiger partial charge in [-0.3, -0.25) is 5.41 Å². The summed E-state index contributed by atoms with van der Waals surface area (Å²) in [5.74, 6) is 0.148. The van der Waals surface area contributed by atoms with Crippen LogP contribution in [0.3, 0.4) is 0 Å². The average Bonchev–Trinajstić information content (AvgIpc) is 3.28. The number of aromatic nitrogens is 4. The van der Waals surface area contributed by atoms with E-state index >= 15 is 0 Å². The van der Waals surface area contributed by atoms with Gasteiger partial charge in [-0.25, -0.2) is 14.8 Å². The molecular formula is C28H33N9O4. The Morgan fingerprint density at radius 3 is 2.32 bits per heavy atom. The minimum absolute atomic E-state index is 0.0267. The first-order valence-electron chi connectivity index (χ1n) is 12.6. The molecule has 0 bridgehead atoms. The van der Waals surface area contributed by atoms with Gasteiger partial charge < -0.3 is 36.4 Å². The second-order valence-corrected chi connectivity index (χ2v) is 11.2. The Balaban J connectivity index is 1.84. The maximum atomic E-state index is 13.1. The second-order valence-electron chi connectivity index (χ2n) is 11.2. The number of rotatable bonds is 7. The number of nitrogen functional groups attached to an aromatic ring is 1. The molecule has 0 aliphatic heterocycles. The van der Waals surface area contributed by atoms with Crippen LogP contribution in [-0.2, 0) is 10.2 Å². The fourth-order valence-corrected chi connectivity index (χ4v) is 3.58. The number of benzene rings is 2. The maximum absolute atomic E-state index is 13.1. The molecule has 0 atom stereocenters. The number of nitrogens with two attached hydrogens (primary N) is 3. The van der Waals surface area contributed by atoms with Crippen LogP contribution in [0.4, 0.5) is 5.69 Å². The molecule has 4 aromatic rings. The van der Waals surface area contributed by atoms with Gasteiger partial charge in [-0.1, -0.05) is 32.9 Å². The number of fused-ring (bicyclic) bond motifs is 1. The molecule has 0 fully saturated rings. The molecule has 0 aliphatic rings. The Labute approximate surface area is 236 Å². The Bertz CT molecular complexity index is 1660. The number of esters is 1. The van der Waals surface area contributed by atoms with Gasteiger partial charge in [0, 0.05) is 17.0 Å². The molecule has 0 saturated heterocycles. The number of aliphatic imine (C=N–C) groups is 1. The largest absolute Gasteiger partial charge is 0.456 e. The van der Waals surface area contributed by atoms with E-state index in [4.69, 9.17) is 36.8 Å². The Kier molecular flexibility index (Phi) is 7.55. The van der Waals surface area contributed by atoms with Crippen molar-refractivity contribution < 1.29 is 19.0 Å². The summed E-state index contributed by atoms with van der Waals surface area (Å²) >= 11 is 0. The van der Waals surface area contributed by atoms with Crippen molar-refractivity contribution in [1.82, 2.24) is 19.9 Å². The lowest BCUT2D eigenvalue weighted by atomic mass is 9.96. The van der Waals surface area contributed by atoms with Gasteiger partial charge in [0.2, 0.25) is 0 Å². The number of guanidine groups is 1. The van der Waals surface area contributed by atoms with E-state index < -0.39 is 11.6 Å². The topological polar surface area (TPSA) is 213 Å². The number of amidine groups is 1. The van der Waals surface area contributed by atoms with E-state index in [2.05, 4.69) is 24.9 Å². The minimum atomic E-state index is -0.755. The predicted molar refractivity (Wildman–Crippen MR) is 155 cm³/mol. The molecule has 0 radical (unpaired) electrons. The van der Waals surface area contributed by atoms with Crippen LogP contribution in [0.5, 0.6) is 23.4 Å². The van der Waals surface area contributed by atoms with Gasteiger partial charge in [0.15, 0.2) is 11.6 Å². The van der Waals surface area contributed by atoms with Gasteiger partial charge in [0.25, 0.3) is 5.88 Å². The zero-order valence-electron chi connectivity index (χ0n) is 23.7. The van der Waals surface area contributed by atoms with Crippen molar-refractivity contribution >= 4 is 34.6 Å². The van der Waals surface area contributed by atoms with Gasteiger partial charge in [-0.15, -0.1) is 0 Å². The number of carbonyl (C=O) groups is 1. The van der Waals surface area contributed by atoms with Crippen LogP contribution in [-0.4, -0.2) is 43.3 Å². The number of ether oxygens (including phenoxy) is 3. The highest BCUT2D eigenvalue weighted by Crippen LogP contribution is 2.34. The summed E-state index contributed by atoms with van der Waals surface area (Å²) < 4.78 is 17.7. The Morgan fingerprint density at radius 1 is 0.951 bits per heavy atom. The zero-order valence-corrected chi connectivity index (χ0v) is 23.7. The number of hydrogen-bond donors (Lipinski definition) is 5. The normalized spacial score (nSPS) is 11.7. The van der Waals surface area contributed by atoms with Crippen LogP contribution in [0.25, 0.3) is 11.2 Å². The van der Waals surface area contributed by atoms with E-state index in [0.29, 0.717) is 28.3 Å². The number of carbonyl (C=O) groups excluding carboxylic acids is 1. The van der Waals surface area contributed by atoms with E-state index in [-0.39, 0.29) is 46.1 Å². The Hall–Kier alpha value is -5.20. The summed E-state index contributed by atoms with van der Waals surface area (Å²) in [7, 11) is 0. The average molecular weight is 560 g/mol. The van der Waals surface area contributed by atoms with Gasteiger partial charge >= 0.3 is 12.0 Å². The fraction of sp³-hybridized carbons (Fsp3) is 0.286. The summed E-state index contributed by atoms with van der Waals surface area (Å²) in [6, 6.07) is 11.1. The Morgan fingerprint density at radius 2 is 1.68 bits per heavy atom. The van der Waals surface area contributed by atoms with E-state index in [9.17, 15) is 4.79 Å². The molecule has 0 unspecified atom stereocenters. The van der Waals surface area contributed by atoms with Crippen molar-refractivity contribution in [2.24, 2.45) is 22.2 Å². The third-order valence-electron chi connectivity index (χ3n) is 5.41. The molecular weight excluding hydrogens is 526 g/mol. The number of imidazole rings is 1. The smallest absolute Gasteiger partial charge is 0.342 e. The van der Waals surface area contributed by atoms with Crippen LogP contribution < -0.4 is 26.7 Å². The SMILES string of the molecule is CC(C)(C)OC(=O)c1ccc(C(=N)N)cc1Oc1nc(Oc2cccc(N=C(N)N)c2)nc2nc(C(C)(C)C)[nH]c12. The van der Waals surface area contributed by atoms with Crippen LogP contribution >= 0.6 is 0 Å². The lowest BCUT2D eigenvalue weighted by Crippen LogP contribution is -2.24. The zero-order chi connectivity index (χ0) is 30.1. The van der Waals surface area contributed by atoms with Gasteiger partial charge in [0.05, 0.1) is 5.69 Å². The van der Waals surface area contributed by atoms with Crippen LogP contribution in [0.2, 0.25) is 0 Å². The van der Waals surface area contributed by atoms with Crippen LogP contribution in [0.15, 0.2) is 47.5 Å². The minimum Gasteiger partial charge on any atom is -0.456 e. The predicted octanol–water partition coefficient (Wildman–Crippen LogP) is 4.38. The molecule has 4 rings (SSSR count). The molecule has 2 aromatic carbocycles. The van der Waals surface area contributed by atoms with E-state index in [1.54, 1.807) is 45.0 Å². The maximum Gasteiger partial charge on any atom is 0.342 e. The lowest BCUT2D eigenvalue weighted by molar-refractivity contribution is 0.00671. The highest BCUT2D eigenvalue weighted by atomic mass is 16.6. The first-order valence-corrected chi connectivity index (χ1v) is 12.6. The summed E-state index contributed by atoms with van der Waals surface area (Å²) in [5.41, 5.74) is 17.2. The third kappa shape index (κ3) is 7.06. The van der Waals surface area contributed by atoms with Gasteiger partial charge in [-0.05, 0) is 45.0 Å². The van der Waals surface area contributed by atoms with E-state index in [0.717, 1.165) is 0 Å². The van der Waals surface area contributed by atoms with Gasteiger partial charge in [-0.2, -0.15) is 9.97 Å². The first-order chi connectivity index (χ1) is 19.1. The van der Waals surface area contributed by atoms with Crippen LogP contribution in [0.1, 0.15) is 63.3 Å². The monoisotopic (exact) mass is 559 g/mol. The number of hydrogen-bond acceptors (Lipinski definition) is 9. The molecule has 0 saturated carbocycles. The number of aromatic amines is 1. The molecule has 13 heteroatoms. The summed E-state index contributed by atoms with van der Waals surface area (Å²) in [6.07, 6.45) is 0. The number of nitrogens with zero attached hydrogens (tertiary/aromatic N) is 4. The molecule has 0 aliphatic carbocycles. The highest BCUT2D eigenvalue weighted by molar-refractivity contribution is 5.99. The molecule has 214 valence electrons. The molecule has 0 amide bonds. The van der Waals surface area contributed by atoms with Crippen molar-refractivity contribution in [3.05, 3.63) is 59.4 Å². The molecule has 2 aromatic heterocycles. The molecule has 41 heavy (non-hydrogen) atoms. The summed E-state index contributed by atoms with van der Waals surface area (Å²) in [6.45, 7) is 11.2. The number of nitrogens with one attached hydrogen (secondary N) is 2. The molecule has 2 heterocycles. The van der Waals surface area contributed by atoms with Gasteiger partial charge in [0.1, 0.15) is 39.8 Å². The molecule has 13 nitrogen and oxygen atoms in total. The third-order valence-corrected chi connectivity index (χ3v) is 5.41. The molecule has 0 spiro atoms. The summed E-state index contributed by atoms with van der Waals surface area (Å²) in [4.78, 5) is 33.9. The van der Waals surface area contributed by atoms with Crippen molar-refractivity contribution in [3.8, 4) is 23.4 Å². The van der Waals surface area contributed by atoms with Crippen molar-refractivity contribution in [3.63, 3.8) is 0 Å². The van der Waals surface area contributed by atoms with Crippen molar-refractivity contribution in [1.29, 1.82) is 5.41 Å².